The van der Waals surface area contributed by atoms with E-state index in [0.29, 0.717) is 13.0 Å². The summed E-state index contributed by atoms with van der Waals surface area (Å²) in [6.07, 6.45) is 3.03. The van der Waals surface area contributed by atoms with E-state index in [0.717, 1.165) is 6.42 Å². The number of amides is 2. The number of esters is 1. The number of ether oxygens (including phenoxy) is 1. The molecule has 0 saturated carbocycles. The highest BCUT2D eigenvalue weighted by molar-refractivity contribution is 5.99. The third kappa shape index (κ3) is 4.08. The van der Waals surface area contributed by atoms with Crippen molar-refractivity contribution in [3.05, 3.63) is 11.8 Å². The lowest BCUT2D eigenvalue weighted by Gasteiger charge is -2.24. The largest absolute Gasteiger partial charge is 0.467 e. The smallest absolute Gasteiger partial charge is 0.328 e. The summed E-state index contributed by atoms with van der Waals surface area (Å²) in [6.45, 7) is 5.67. The molecule has 1 saturated heterocycles. The summed E-state index contributed by atoms with van der Waals surface area (Å²) in [5, 5.41) is 2.54. The van der Waals surface area contributed by atoms with Gasteiger partial charge in [-0.3, -0.25) is 9.59 Å². The van der Waals surface area contributed by atoms with Gasteiger partial charge in [0.2, 0.25) is 5.91 Å². The number of methoxy groups -OCH3 is 1. The summed E-state index contributed by atoms with van der Waals surface area (Å²) < 4.78 is 4.72. The van der Waals surface area contributed by atoms with Crippen LogP contribution in [-0.4, -0.2) is 42.4 Å². The number of allylic oxidation sites excluding steroid dienone is 1. The summed E-state index contributed by atoms with van der Waals surface area (Å²) in [6, 6.07) is -0.558. The van der Waals surface area contributed by atoms with E-state index in [1.165, 1.54) is 18.9 Å². The molecule has 1 fully saturated rings. The maximum atomic E-state index is 12.5. The standard InChI is InChI=1S/C14H22N2O4/c1-9(2)8-11(15-10(3)17)13(18)16-7-5-6-12(16)14(19)20-4/h8-9,12H,5-7H2,1-4H3,(H,15,17)/b11-8-. The van der Waals surface area contributed by atoms with Gasteiger partial charge >= 0.3 is 5.97 Å². The van der Waals surface area contributed by atoms with Gasteiger partial charge in [0.15, 0.2) is 0 Å². The number of carbonyl (C=O) groups is 3. The van der Waals surface area contributed by atoms with E-state index in [2.05, 4.69) is 5.32 Å². The summed E-state index contributed by atoms with van der Waals surface area (Å²) in [5.41, 5.74) is 0.225. The first kappa shape index (κ1) is 16.2. The Morgan fingerprint density at radius 3 is 2.50 bits per heavy atom. The average Bonchev–Trinajstić information content (AvgIpc) is 2.84. The molecule has 1 unspecified atom stereocenters. The molecule has 112 valence electrons. The average molecular weight is 282 g/mol. The molecule has 0 aromatic heterocycles. The predicted octanol–water partition coefficient (Wildman–Crippen LogP) is 0.826. The van der Waals surface area contributed by atoms with Crippen LogP contribution in [0.25, 0.3) is 0 Å². The molecule has 1 aliphatic rings. The lowest BCUT2D eigenvalue weighted by atomic mass is 10.1. The van der Waals surface area contributed by atoms with E-state index in [4.69, 9.17) is 4.74 Å². The van der Waals surface area contributed by atoms with Gasteiger partial charge in [0, 0.05) is 13.5 Å². The van der Waals surface area contributed by atoms with Gasteiger partial charge < -0.3 is 15.0 Å². The van der Waals surface area contributed by atoms with Crippen LogP contribution in [0.1, 0.15) is 33.6 Å². The lowest BCUT2D eigenvalue weighted by Crippen LogP contribution is -2.44. The normalized spacial score (nSPS) is 19.1. The molecule has 1 atom stereocenters. The molecule has 20 heavy (non-hydrogen) atoms. The van der Waals surface area contributed by atoms with Crippen LogP contribution in [0.5, 0.6) is 0 Å². The van der Waals surface area contributed by atoms with E-state index in [1.54, 1.807) is 6.08 Å². The van der Waals surface area contributed by atoms with Crippen LogP contribution < -0.4 is 5.32 Å². The predicted molar refractivity (Wildman–Crippen MR) is 73.5 cm³/mol. The van der Waals surface area contributed by atoms with Crippen LogP contribution in [0.15, 0.2) is 11.8 Å². The summed E-state index contributed by atoms with van der Waals surface area (Å²) >= 11 is 0. The van der Waals surface area contributed by atoms with Crippen molar-refractivity contribution >= 4 is 17.8 Å². The zero-order valence-corrected chi connectivity index (χ0v) is 12.4. The minimum absolute atomic E-state index is 0.111. The zero-order chi connectivity index (χ0) is 15.3. The second-order valence-corrected chi connectivity index (χ2v) is 5.19. The van der Waals surface area contributed by atoms with Gasteiger partial charge in [0.1, 0.15) is 11.7 Å². The molecule has 1 aliphatic heterocycles. The molecule has 0 aliphatic carbocycles. The van der Waals surface area contributed by atoms with Crippen molar-refractivity contribution in [2.24, 2.45) is 5.92 Å². The fourth-order valence-electron chi connectivity index (χ4n) is 2.23. The summed E-state index contributed by atoms with van der Waals surface area (Å²) in [5.74, 6) is -0.941. The van der Waals surface area contributed by atoms with Gasteiger partial charge in [-0.25, -0.2) is 4.79 Å². The Labute approximate surface area is 119 Å². The molecule has 1 rings (SSSR count). The maximum absolute atomic E-state index is 12.5. The van der Waals surface area contributed by atoms with Crippen LogP contribution in [0.2, 0.25) is 0 Å². The van der Waals surface area contributed by atoms with Crippen molar-refractivity contribution in [1.82, 2.24) is 10.2 Å². The van der Waals surface area contributed by atoms with Gasteiger partial charge in [-0.05, 0) is 18.8 Å². The maximum Gasteiger partial charge on any atom is 0.328 e. The van der Waals surface area contributed by atoms with E-state index in [1.807, 2.05) is 13.8 Å². The van der Waals surface area contributed by atoms with Crippen molar-refractivity contribution in [2.75, 3.05) is 13.7 Å². The number of carbonyl (C=O) groups excluding carboxylic acids is 3. The van der Waals surface area contributed by atoms with Crippen molar-refractivity contribution in [1.29, 1.82) is 0 Å². The Hall–Kier alpha value is -1.85. The Morgan fingerprint density at radius 2 is 2.00 bits per heavy atom. The first-order valence-electron chi connectivity index (χ1n) is 6.75. The fraction of sp³-hybridized carbons (Fsp3) is 0.643. The summed E-state index contributed by atoms with van der Waals surface area (Å²) in [7, 11) is 1.31. The second-order valence-electron chi connectivity index (χ2n) is 5.19. The molecular weight excluding hydrogens is 260 g/mol. The van der Waals surface area contributed by atoms with Crippen molar-refractivity contribution < 1.29 is 19.1 Å². The number of hydrogen-bond acceptors (Lipinski definition) is 4. The van der Waals surface area contributed by atoms with Crippen molar-refractivity contribution in [3.63, 3.8) is 0 Å². The Bertz CT molecular complexity index is 429. The molecule has 0 aromatic carbocycles. The number of nitrogens with one attached hydrogen (secondary N) is 1. The number of rotatable bonds is 4. The van der Waals surface area contributed by atoms with Gasteiger partial charge in [-0.2, -0.15) is 0 Å². The highest BCUT2D eigenvalue weighted by Gasteiger charge is 2.36. The SMILES string of the molecule is COC(=O)C1CCCN1C(=O)/C(=C/C(C)C)NC(C)=O. The van der Waals surface area contributed by atoms with Gasteiger partial charge in [-0.15, -0.1) is 0 Å². The Balaban J connectivity index is 2.94. The van der Waals surface area contributed by atoms with Crippen LogP contribution in [0.3, 0.4) is 0 Å². The molecule has 0 bridgehead atoms. The van der Waals surface area contributed by atoms with Crippen LogP contribution in [0.4, 0.5) is 0 Å². The van der Waals surface area contributed by atoms with Crippen LogP contribution in [0, 0.1) is 5.92 Å². The quantitative estimate of drug-likeness (QED) is 0.612. The first-order valence-corrected chi connectivity index (χ1v) is 6.75. The van der Waals surface area contributed by atoms with Crippen molar-refractivity contribution in [2.45, 2.75) is 39.7 Å². The third-order valence-electron chi connectivity index (χ3n) is 3.03. The van der Waals surface area contributed by atoms with Gasteiger partial charge in [0.05, 0.1) is 7.11 Å². The highest BCUT2D eigenvalue weighted by Crippen LogP contribution is 2.20. The van der Waals surface area contributed by atoms with E-state index in [9.17, 15) is 14.4 Å². The third-order valence-corrected chi connectivity index (χ3v) is 3.03. The monoisotopic (exact) mass is 282 g/mol. The number of likely N-dealkylation sites (tertiary alicyclic amines) is 1. The van der Waals surface area contributed by atoms with E-state index < -0.39 is 12.0 Å². The minimum Gasteiger partial charge on any atom is -0.467 e. The molecule has 2 amide bonds. The van der Waals surface area contributed by atoms with Crippen LogP contribution in [-0.2, 0) is 19.1 Å². The molecule has 1 heterocycles. The molecule has 0 spiro atoms. The highest BCUT2D eigenvalue weighted by atomic mass is 16.5. The summed E-state index contributed by atoms with van der Waals surface area (Å²) in [4.78, 5) is 36.8. The lowest BCUT2D eigenvalue weighted by molar-refractivity contribution is -0.150. The van der Waals surface area contributed by atoms with Gasteiger partial charge in [-0.1, -0.05) is 19.9 Å². The molecular formula is C14H22N2O4. The minimum atomic E-state index is -0.558. The first-order chi connectivity index (χ1) is 9.36. The van der Waals surface area contributed by atoms with Gasteiger partial charge in [0.25, 0.3) is 5.91 Å². The van der Waals surface area contributed by atoms with Crippen LogP contribution >= 0.6 is 0 Å². The topological polar surface area (TPSA) is 75.7 Å². The second kappa shape index (κ2) is 7.07. The molecule has 6 nitrogen and oxygen atoms in total. The molecule has 1 N–H and O–H groups in total. The zero-order valence-electron chi connectivity index (χ0n) is 12.4. The van der Waals surface area contributed by atoms with E-state index in [-0.39, 0.29) is 23.4 Å². The molecule has 6 heteroatoms. The van der Waals surface area contributed by atoms with E-state index >= 15 is 0 Å². The number of hydrogen-bond donors (Lipinski definition) is 1. The van der Waals surface area contributed by atoms with Crippen molar-refractivity contribution in [3.8, 4) is 0 Å². The Kier molecular flexibility index (Phi) is 5.73. The number of nitrogens with zero attached hydrogens (tertiary/aromatic N) is 1. The molecule has 0 radical (unpaired) electrons. The molecule has 0 aromatic rings. The Morgan fingerprint density at radius 1 is 1.35 bits per heavy atom. The fourth-order valence-corrected chi connectivity index (χ4v) is 2.23.